The van der Waals surface area contributed by atoms with Crippen LogP contribution < -0.4 is 20.1 Å². The summed E-state index contributed by atoms with van der Waals surface area (Å²) in [7, 11) is 1.65. The van der Waals surface area contributed by atoms with Gasteiger partial charge in [-0.05, 0) is 52.0 Å². The minimum Gasteiger partial charge on any atom is -0.497 e. The number of methoxy groups -OCH3 is 1. The van der Waals surface area contributed by atoms with Crippen LogP contribution in [0.5, 0.6) is 11.5 Å². The molecule has 0 radical (unpaired) electrons. The zero-order chi connectivity index (χ0) is 18.9. The number of hydrogen-bond acceptors (Lipinski definition) is 5. The van der Waals surface area contributed by atoms with Crippen molar-refractivity contribution in [3.63, 3.8) is 0 Å². The van der Waals surface area contributed by atoms with Crippen LogP contribution in [0.1, 0.15) is 29.4 Å². The Morgan fingerprint density at radius 2 is 1.85 bits per heavy atom. The Bertz CT molecular complexity index is 719. The van der Waals surface area contributed by atoms with Crippen LogP contribution in [0.3, 0.4) is 0 Å². The minimum atomic E-state index is -0.000337. The average molecular weight is 504 g/mol. The highest BCUT2D eigenvalue weighted by Crippen LogP contribution is 2.18. The van der Waals surface area contributed by atoms with E-state index in [0.717, 1.165) is 34.7 Å². The van der Waals surface area contributed by atoms with E-state index >= 15 is 0 Å². The topological polar surface area (TPSA) is 67.8 Å². The van der Waals surface area contributed by atoms with Gasteiger partial charge in [0.1, 0.15) is 17.6 Å². The molecule has 2 aromatic rings. The molecule has 0 bridgehead atoms. The molecule has 1 atom stereocenters. The maximum Gasteiger partial charge on any atom is 0.191 e. The molecule has 0 aliphatic rings. The summed E-state index contributed by atoms with van der Waals surface area (Å²) in [5.41, 5.74) is 1.06. The lowest BCUT2D eigenvalue weighted by Crippen LogP contribution is -2.41. The van der Waals surface area contributed by atoms with Gasteiger partial charge in [-0.2, -0.15) is 0 Å². The van der Waals surface area contributed by atoms with E-state index in [1.165, 1.54) is 4.88 Å². The van der Waals surface area contributed by atoms with Crippen LogP contribution in [-0.4, -0.2) is 37.2 Å². The summed E-state index contributed by atoms with van der Waals surface area (Å²) < 4.78 is 11.1. The summed E-state index contributed by atoms with van der Waals surface area (Å²) in [6, 6.07) is 7.59. The fourth-order valence-corrected chi connectivity index (χ4v) is 3.24. The molecule has 1 aromatic heterocycles. The van der Waals surface area contributed by atoms with Gasteiger partial charge in [0.15, 0.2) is 5.96 Å². The molecule has 1 aromatic carbocycles. The number of rotatable bonds is 8. The third kappa shape index (κ3) is 7.92. The average Bonchev–Trinajstić information content (AvgIpc) is 2.95. The number of benzene rings is 1. The first kappa shape index (κ1) is 23.5. The molecule has 27 heavy (non-hydrogen) atoms. The molecule has 0 fully saturated rings. The van der Waals surface area contributed by atoms with E-state index in [1.54, 1.807) is 18.4 Å². The van der Waals surface area contributed by atoms with Crippen LogP contribution in [0.2, 0.25) is 0 Å². The number of nitrogens with one attached hydrogen (secondary N) is 2. The van der Waals surface area contributed by atoms with Gasteiger partial charge < -0.3 is 20.1 Å². The van der Waals surface area contributed by atoms with Crippen LogP contribution in [0, 0.1) is 13.8 Å². The molecular formula is C19H29IN4O2S. The third-order valence-electron chi connectivity index (χ3n) is 3.68. The van der Waals surface area contributed by atoms with Gasteiger partial charge in [-0.15, -0.1) is 35.3 Å². The van der Waals surface area contributed by atoms with E-state index in [0.29, 0.717) is 13.1 Å². The van der Waals surface area contributed by atoms with Crippen LogP contribution in [0.25, 0.3) is 0 Å². The molecular weight excluding hydrogens is 475 g/mol. The normalized spacial score (nSPS) is 12.1. The fourth-order valence-electron chi connectivity index (χ4n) is 2.38. The van der Waals surface area contributed by atoms with Gasteiger partial charge in [0.2, 0.25) is 0 Å². The van der Waals surface area contributed by atoms with Gasteiger partial charge >= 0.3 is 0 Å². The fraction of sp³-hybridized carbons (Fsp3) is 0.474. The summed E-state index contributed by atoms with van der Waals surface area (Å²) in [5, 5.41) is 7.67. The van der Waals surface area contributed by atoms with Gasteiger partial charge in [-0.3, -0.25) is 0 Å². The molecule has 0 saturated heterocycles. The molecule has 2 rings (SSSR count). The molecule has 2 N–H and O–H groups in total. The van der Waals surface area contributed by atoms with Crippen LogP contribution in [0.15, 0.2) is 29.3 Å². The molecule has 0 saturated carbocycles. The van der Waals surface area contributed by atoms with E-state index in [2.05, 4.69) is 27.5 Å². The van der Waals surface area contributed by atoms with Gasteiger partial charge in [0.25, 0.3) is 0 Å². The SMILES string of the molecule is CCNC(=NCc1sc(C)nc1C)NCC(C)Oc1ccc(OC)cc1.I. The second-order valence-corrected chi connectivity index (χ2v) is 7.21. The first-order valence-electron chi connectivity index (χ1n) is 8.77. The minimum absolute atomic E-state index is 0. The number of hydrogen-bond donors (Lipinski definition) is 2. The standard InChI is InChI=1S/C19H28N4O2S.HI/c1-6-20-19(22-12-18-14(3)23-15(4)26-18)21-11-13(2)25-17-9-7-16(24-5)8-10-17;/h7-10,13H,6,11-12H2,1-5H3,(H2,20,21,22);1H. The zero-order valence-corrected chi connectivity index (χ0v) is 19.7. The van der Waals surface area contributed by atoms with Crippen molar-refractivity contribution < 1.29 is 9.47 Å². The predicted molar refractivity (Wildman–Crippen MR) is 123 cm³/mol. The smallest absolute Gasteiger partial charge is 0.191 e. The number of ether oxygens (including phenoxy) is 2. The Morgan fingerprint density at radius 1 is 1.19 bits per heavy atom. The van der Waals surface area contributed by atoms with Gasteiger partial charge in [0.05, 0.1) is 30.9 Å². The number of guanidine groups is 1. The van der Waals surface area contributed by atoms with Crippen molar-refractivity contribution in [1.82, 2.24) is 15.6 Å². The van der Waals surface area contributed by atoms with E-state index in [9.17, 15) is 0 Å². The Balaban J connectivity index is 0.00000364. The number of aliphatic imine (C=N–C) groups is 1. The molecule has 1 unspecified atom stereocenters. The molecule has 6 nitrogen and oxygen atoms in total. The highest BCUT2D eigenvalue weighted by Gasteiger charge is 2.08. The number of thiazole rings is 1. The van der Waals surface area contributed by atoms with Crippen molar-refractivity contribution in [2.24, 2.45) is 4.99 Å². The van der Waals surface area contributed by atoms with Crippen LogP contribution in [-0.2, 0) is 6.54 Å². The Hall–Kier alpha value is -1.55. The summed E-state index contributed by atoms with van der Waals surface area (Å²) in [4.78, 5) is 10.3. The van der Waals surface area contributed by atoms with Gasteiger partial charge in [0, 0.05) is 11.4 Å². The number of aromatic nitrogens is 1. The third-order valence-corrected chi connectivity index (χ3v) is 4.74. The molecule has 1 heterocycles. The van der Waals surface area contributed by atoms with Crippen molar-refractivity contribution in [2.75, 3.05) is 20.2 Å². The predicted octanol–water partition coefficient (Wildman–Crippen LogP) is 3.91. The highest BCUT2D eigenvalue weighted by molar-refractivity contribution is 14.0. The summed E-state index contributed by atoms with van der Waals surface area (Å²) in [6.45, 7) is 10.2. The number of aryl methyl sites for hydroxylation is 2. The van der Waals surface area contributed by atoms with Gasteiger partial charge in [-0.1, -0.05) is 0 Å². The molecule has 0 aliphatic carbocycles. The second kappa shape index (κ2) is 12.0. The number of halogens is 1. The highest BCUT2D eigenvalue weighted by atomic mass is 127. The summed E-state index contributed by atoms with van der Waals surface area (Å²) in [5.74, 6) is 2.42. The van der Waals surface area contributed by atoms with E-state index < -0.39 is 0 Å². The maximum absolute atomic E-state index is 5.92. The van der Waals surface area contributed by atoms with Crippen molar-refractivity contribution in [3.8, 4) is 11.5 Å². The van der Waals surface area contributed by atoms with Crippen molar-refractivity contribution >= 4 is 41.3 Å². The van der Waals surface area contributed by atoms with E-state index in [-0.39, 0.29) is 30.1 Å². The molecule has 0 spiro atoms. The quantitative estimate of drug-likeness (QED) is 0.324. The molecule has 150 valence electrons. The largest absolute Gasteiger partial charge is 0.497 e. The second-order valence-electron chi connectivity index (χ2n) is 5.92. The van der Waals surface area contributed by atoms with Crippen LogP contribution >= 0.6 is 35.3 Å². The monoisotopic (exact) mass is 504 g/mol. The summed E-state index contributed by atoms with van der Waals surface area (Å²) >= 11 is 1.69. The van der Waals surface area contributed by atoms with Crippen LogP contribution in [0.4, 0.5) is 0 Å². The Labute approximate surface area is 182 Å². The van der Waals surface area contributed by atoms with Crippen molar-refractivity contribution in [3.05, 3.63) is 39.8 Å². The van der Waals surface area contributed by atoms with Crippen molar-refractivity contribution in [1.29, 1.82) is 0 Å². The first-order chi connectivity index (χ1) is 12.5. The molecule has 0 amide bonds. The lowest BCUT2D eigenvalue weighted by Gasteiger charge is -2.17. The Morgan fingerprint density at radius 3 is 2.41 bits per heavy atom. The number of nitrogens with zero attached hydrogens (tertiary/aromatic N) is 2. The lowest BCUT2D eigenvalue weighted by atomic mass is 10.3. The summed E-state index contributed by atoms with van der Waals surface area (Å²) in [6.07, 6.45) is -0.000337. The molecule has 8 heteroatoms. The van der Waals surface area contributed by atoms with E-state index in [4.69, 9.17) is 9.47 Å². The molecule has 0 aliphatic heterocycles. The lowest BCUT2D eigenvalue weighted by molar-refractivity contribution is 0.223. The first-order valence-corrected chi connectivity index (χ1v) is 9.59. The van der Waals surface area contributed by atoms with Gasteiger partial charge in [-0.25, -0.2) is 9.98 Å². The van der Waals surface area contributed by atoms with E-state index in [1.807, 2.05) is 45.0 Å². The maximum atomic E-state index is 5.92. The zero-order valence-electron chi connectivity index (χ0n) is 16.5. The Kier molecular flexibility index (Phi) is 10.5. The van der Waals surface area contributed by atoms with Crippen molar-refractivity contribution in [2.45, 2.75) is 40.3 Å².